The number of hydrogen-bond acceptors (Lipinski definition) is 5. The van der Waals surface area contributed by atoms with Gasteiger partial charge >= 0.3 is 5.97 Å². The molecule has 0 spiro atoms. The Morgan fingerprint density at radius 1 is 1.50 bits per heavy atom. The number of rotatable bonds is 6. The number of nitrogens with zero attached hydrogens (tertiary/aromatic N) is 2. The molecular formula is C10H16N2O4. The van der Waals surface area contributed by atoms with Gasteiger partial charge in [-0.3, -0.25) is 0 Å². The normalized spacial score (nSPS) is 11.7. The maximum atomic E-state index is 10.2. The fourth-order valence-electron chi connectivity index (χ4n) is 0.962. The fourth-order valence-corrected chi connectivity index (χ4v) is 0.962. The molecule has 0 aliphatic heterocycles. The Bertz CT molecular complexity index is 359. The van der Waals surface area contributed by atoms with Crippen LogP contribution in [0.1, 0.15) is 39.0 Å². The van der Waals surface area contributed by atoms with E-state index in [1.807, 2.05) is 20.8 Å². The van der Waals surface area contributed by atoms with Crippen molar-refractivity contribution in [3.05, 3.63) is 11.8 Å². The monoisotopic (exact) mass is 228 g/mol. The van der Waals surface area contributed by atoms with E-state index in [0.717, 1.165) is 6.42 Å². The zero-order valence-electron chi connectivity index (χ0n) is 9.69. The van der Waals surface area contributed by atoms with Crippen LogP contribution in [-0.4, -0.2) is 27.9 Å². The molecule has 1 heterocycles. The van der Waals surface area contributed by atoms with E-state index >= 15 is 0 Å². The molecule has 0 fully saturated rings. The van der Waals surface area contributed by atoms with E-state index in [9.17, 15) is 4.79 Å². The second kappa shape index (κ2) is 5.07. The minimum absolute atomic E-state index is 0.0269. The quantitative estimate of drug-likeness (QED) is 0.791. The van der Waals surface area contributed by atoms with Gasteiger partial charge in [-0.2, -0.15) is 0 Å². The van der Waals surface area contributed by atoms with Crippen molar-refractivity contribution in [2.45, 2.75) is 39.2 Å². The lowest BCUT2D eigenvalue weighted by Crippen LogP contribution is -2.15. The molecule has 1 rings (SSSR count). The van der Waals surface area contributed by atoms with Crippen LogP contribution in [0, 0.1) is 0 Å². The molecule has 0 bridgehead atoms. The number of aliphatic carboxylic acids is 1. The van der Waals surface area contributed by atoms with Crippen molar-refractivity contribution in [2.75, 3.05) is 6.61 Å². The Balaban J connectivity index is 2.55. The average Bonchev–Trinajstić information content (AvgIpc) is 2.66. The van der Waals surface area contributed by atoms with E-state index in [2.05, 4.69) is 10.2 Å². The molecule has 0 aliphatic rings. The van der Waals surface area contributed by atoms with Crippen molar-refractivity contribution in [3.63, 3.8) is 0 Å². The molecule has 1 aromatic rings. The average molecular weight is 228 g/mol. The Kier molecular flexibility index (Phi) is 4.00. The topological polar surface area (TPSA) is 85.5 Å². The summed E-state index contributed by atoms with van der Waals surface area (Å²) in [4.78, 5) is 10.2. The summed E-state index contributed by atoms with van der Waals surface area (Å²) >= 11 is 0. The van der Waals surface area contributed by atoms with E-state index in [1.165, 1.54) is 0 Å². The van der Waals surface area contributed by atoms with Gasteiger partial charge in [0.1, 0.15) is 13.2 Å². The van der Waals surface area contributed by atoms with Crippen molar-refractivity contribution in [1.29, 1.82) is 0 Å². The SMILES string of the molecule is CCC(C)(C)c1nnc(COCC(=O)O)o1. The van der Waals surface area contributed by atoms with Crippen LogP contribution in [-0.2, 0) is 21.6 Å². The summed E-state index contributed by atoms with van der Waals surface area (Å²) in [6, 6.07) is 0. The summed E-state index contributed by atoms with van der Waals surface area (Å²) in [7, 11) is 0. The van der Waals surface area contributed by atoms with Gasteiger partial charge in [0.05, 0.1) is 0 Å². The zero-order chi connectivity index (χ0) is 12.2. The minimum Gasteiger partial charge on any atom is -0.480 e. The molecule has 0 aliphatic carbocycles. The first kappa shape index (κ1) is 12.6. The highest BCUT2D eigenvalue weighted by Gasteiger charge is 2.25. The molecule has 1 N–H and O–H groups in total. The molecule has 0 aromatic carbocycles. The van der Waals surface area contributed by atoms with Gasteiger partial charge in [0.25, 0.3) is 0 Å². The van der Waals surface area contributed by atoms with Crippen molar-refractivity contribution < 1.29 is 19.1 Å². The number of carboxylic acid groups (broad SMARTS) is 1. The first-order chi connectivity index (χ1) is 7.45. The Labute approximate surface area is 93.6 Å². The summed E-state index contributed by atoms with van der Waals surface area (Å²) in [6.07, 6.45) is 0.880. The van der Waals surface area contributed by atoms with Gasteiger partial charge in [-0.15, -0.1) is 10.2 Å². The van der Waals surface area contributed by atoms with E-state index in [1.54, 1.807) is 0 Å². The third-order valence-corrected chi connectivity index (χ3v) is 2.38. The first-order valence-electron chi connectivity index (χ1n) is 5.08. The lowest BCUT2D eigenvalue weighted by molar-refractivity contribution is -0.142. The van der Waals surface area contributed by atoms with E-state index in [4.69, 9.17) is 14.3 Å². The highest BCUT2D eigenvalue weighted by atomic mass is 16.5. The second-order valence-electron chi connectivity index (χ2n) is 4.12. The molecule has 0 atom stereocenters. The minimum atomic E-state index is -1.02. The van der Waals surface area contributed by atoms with Crippen LogP contribution in [0.15, 0.2) is 4.42 Å². The zero-order valence-corrected chi connectivity index (χ0v) is 9.69. The van der Waals surface area contributed by atoms with Gasteiger partial charge in [-0.1, -0.05) is 20.8 Å². The van der Waals surface area contributed by atoms with Crippen molar-refractivity contribution in [3.8, 4) is 0 Å². The first-order valence-corrected chi connectivity index (χ1v) is 5.08. The van der Waals surface area contributed by atoms with E-state index in [0.29, 0.717) is 11.8 Å². The smallest absolute Gasteiger partial charge is 0.329 e. The second-order valence-corrected chi connectivity index (χ2v) is 4.12. The lowest BCUT2D eigenvalue weighted by Gasteiger charge is -2.16. The number of aromatic nitrogens is 2. The summed E-state index contributed by atoms with van der Waals surface area (Å²) in [6.45, 7) is 5.70. The van der Waals surface area contributed by atoms with Crippen LogP contribution in [0.4, 0.5) is 0 Å². The van der Waals surface area contributed by atoms with Crippen LogP contribution in [0.25, 0.3) is 0 Å². The highest BCUT2D eigenvalue weighted by molar-refractivity contribution is 5.67. The molecule has 6 nitrogen and oxygen atoms in total. The van der Waals surface area contributed by atoms with Crippen LogP contribution < -0.4 is 0 Å². The Morgan fingerprint density at radius 2 is 2.19 bits per heavy atom. The molecule has 0 amide bonds. The fraction of sp³-hybridized carbons (Fsp3) is 0.700. The summed E-state index contributed by atoms with van der Waals surface area (Å²) in [5.41, 5.74) is -0.169. The maximum Gasteiger partial charge on any atom is 0.329 e. The number of carboxylic acids is 1. The molecular weight excluding hydrogens is 212 g/mol. The van der Waals surface area contributed by atoms with Crippen LogP contribution >= 0.6 is 0 Å². The van der Waals surface area contributed by atoms with E-state index < -0.39 is 5.97 Å². The number of hydrogen-bond donors (Lipinski definition) is 1. The van der Waals surface area contributed by atoms with Crippen LogP contribution in [0.5, 0.6) is 0 Å². The molecule has 0 saturated heterocycles. The van der Waals surface area contributed by atoms with Gasteiger partial charge < -0.3 is 14.3 Å². The maximum absolute atomic E-state index is 10.2. The summed E-state index contributed by atoms with van der Waals surface area (Å²) in [5, 5.41) is 16.1. The predicted molar refractivity (Wildman–Crippen MR) is 54.9 cm³/mol. The standard InChI is InChI=1S/C10H16N2O4/c1-4-10(2,3)9-12-11-7(16-9)5-15-6-8(13)14/h4-6H2,1-3H3,(H,13,14). The largest absolute Gasteiger partial charge is 0.480 e. The molecule has 0 unspecified atom stereocenters. The lowest BCUT2D eigenvalue weighted by atomic mass is 9.90. The van der Waals surface area contributed by atoms with E-state index in [-0.39, 0.29) is 18.6 Å². The van der Waals surface area contributed by atoms with Gasteiger partial charge in [-0.25, -0.2) is 4.79 Å². The third-order valence-electron chi connectivity index (χ3n) is 2.38. The number of carbonyl (C=O) groups is 1. The molecule has 6 heteroatoms. The highest BCUT2D eigenvalue weighted by Crippen LogP contribution is 2.25. The Morgan fingerprint density at radius 3 is 2.75 bits per heavy atom. The molecule has 16 heavy (non-hydrogen) atoms. The van der Waals surface area contributed by atoms with Gasteiger partial charge in [-0.05, 0) is 6.42 Å². The molecule has 1 aromatic heterocycles. The molecule has 0 radical (unpaired) electrons. The van der Waals surface area contributed by atoms with Gasteiger partial charge in [0.15, 0.2) is 0 Å². The van der Waals surface area contributed by atoms with Crippen molar-refractivity contribution in [1.82, 2.24) is 10.2 Å². The Hall–Kier alpha value is -1.43. The van der Waals surface area contributed by atoms with Crippen molar-refractivity contribution in [2.24, 2.45) is 0 Å². The molecule has 90 valence electrons. The third kappa shape index (κ3) is 3.30. The summed E-state index contributed by atoms with van der Waals surface area (Å²) in [5.74, 6) is -0.171. The van der Waals surface area contributed by atoms with Crippen molar-refractivity contribution >= 4 is 5.97 Å². The van der Waals surface area contributed by atoms with Gasteiger partial charge in [0, 0.05) is 5.41 Å². The molecule has 0 saturated carbocycles. The predicted octanol–water partition coefficient (Wildman–Crippen LogP) is 1.36. The van der Waals surface area contributed by atoms with Crippen LogP contribution in [0.2, 0.25) is 0 Å². The van der Waals surface area contributed by atoms with Crippen LogP contribution in [0.3, 0.4) is 0 Å². The summed E-state index contributed by atoms with van der Waals surface area (Å²) < 4.78 is 10.2. The van der Waals surface area contributed by atoms with Gasteiger partial charge in [0.2, 0.25) is 11.8 Å². The number of ether oxygens (including phenoxy) is 1.